The number of rotatable bonds is 1. The van der Waals surface area contributed by atoms with Crippen molar-refractivity contribution in [2.45, 2.75) is 39.2 Å². The molecule has 2 rings (SSSR count). The molecule has 0 radical (unpaired) electrons. The van der Waals surface area contributed by atoms with Crippen molar-refractivity contribution in [3.05, 3.63) is 21.2 Å². The third kappa shape index (κ3) is 1.46. The summed E-state index contributed by atoms with van der Waals surface area (Å²) in [6, 6.07) is 0.422. The van der Waals surface area contributed by atoms with E-state index in [1.807, 2.05) is 16.1 Å². The summed E-state index contributed by atoms with van der Waals surface area (Å²) in [7, 11) is 0. The van der Waals surface area contributed by atoms with Crippen LogP contribution in [0.4, 0.5) is 0 Å². The third-order valence-corrected chi connectivity index (χ3v) is 3.81. The molecule has 1 unspecified atom stereocenters. The highest BCUT2D eigenvalue weighted by molar-refractivity contribution is 7.07. The Balaban J connectivity index is 2.37. The summed E-state index contributed by atoms with van der Waals surface area (Å²) >= 11 is 1.30. The highest BCUT2D eigenvalue weighted by Gasteiger charge is 2.36. The van der Waals surface area contributed by atoms with Gasteiger partial charge in [0.15, 0.2) is 0 Å². The van der Waals surface area contributed by atoms with Crippen LogP contribution in [0.5, 0.6) is 0 Å². The molecule has 1 aliphatic rings. The van der Waals surface area contributed by atoms with Gasteiger partial charge >= 0.3 is 4.87 Å². The summed E-state index contributed by atoms with van der Waals surface area (Å²) in [5.41, 5.74) is 0.297. The van der Waals surface area contributed by atoms with Gasteiger partial charge in [0.2, 0.25) is 0 Å². The van der Waals surface area contributed by atoms with E-state index >= 15 is 0 Å². The van der Waals surface area contributed by atoms with Crippen LogP contribution in [0.3, 0.4) is 0 Å². The van der Waals surface area contributed by atoms with E-state index < -0.39 is 0 Å². The summed E-state index contributed by atoms with van der Waals surface area (Å²) in [5.74, 6) is 0. The van der Waals surface area contributed by atoms with Crippen LogP contribution in [0.25, 0.3) is 0 Å². The average Bonchev–Trinajstić information content (AvgIpc) is 2.56. The van der Waals surface area contributed by atoms with Crippen molar-refractivity contribution < 1.29 is 0 Å². The van der Waals surface area contributed by atoms with Gasteiger partial charge in [0.1, 0.15) is 0 Å². The van der Waals surface area contributed by atoms with Crippen molar-refractivity contribution in [1.82, 2.24) is 4.57 Å². The average molecular weight is 197 g/mol. The predicted octanol–water partition coefficient (Wildman–Crippen LogP) is 2.66. The van der Waals surface area contributed by atoms with Crippen molar-refractivity contribution in [2.75, 3.05) is 0 Å². The topological polar surface area (TPSA) is 22.0 Å². The molecule has 1 aromatic heterocycles. The van der Waals surface area contributed by atoms with Gasteiger partial charge in [-0.3, -0.25) is 4.79 Å². The predicted molar refractivity (Wildman–Crippen MR) is 55.2 cm³/mol. The fourth-order valence-electron chi connectivity index (χ4n) is 2.33. The van der Waals surface area contributed by atoms with Crippen LogP contribution in [-0.4, -0.2) is 4.57 Å². The Morgan fingerprint density at radius 2 is 2.38 bits per heavy atom. The molecular formula is C10H15NOS. The van der Waals surface area contributed by atoms with Crippen LogP contribution < -0.4 is 4.87 Å². The molecule has 72 valence electrons. The Bertz CT molecular complexity index is 350. The number of thiazole rings is 1. The van der Waals surface area contributed by atoms with Crippen LogP contribution in [0.2, 0.25) is 0 Å². The van der Waals surface area contributed by atoms with E-state index in [2.05, 4.69) is 13.8 Å². The monoisotopic (exact) mass is 197 g/mol. The minimum Gasteiger partial charge on any atom is -0.302 e. The SMILES string of the molecule is CC1(C)CCCC1n1ccsc1=O. The zero-order chi connectivity index (χ0) is 9.47. The number of aromatic nitrogens is 1. The maximum absolute atomic E-state index is 11.5. The minimum absolute atomic E-state index is 0.194. The first-order valence-electron chi connectivity index (χ1n) is 4.77. The molecule has 0 aromatic carbocycles. The van der Waals surface area contributed by atoms with E-state index in [0.717, 1.165) is 6.42 Å². The van der Waals surface area contributed by atoms with E-state index in [1.54, 1.807) is 0 Å². The van der Waals surface area contributed by atoms with Crippen molar-refractivity contribution >= 4 is 11.3 Å². The number of hydrogen-bond acceptors (Lipinski definition) is 2. The molecule has 1 saturated carbocycles. The van der Waals surface area contributed by atoms with Gasteiger partial charge in [0, 0.05) is 17.6 Å². The molecule has 0 N–H and O–H groups in total. The molecule has 1 heterocycles. The maximum Gasteiger partial charge on any atom is 0.307 e. The highest BCUT2D eigenvalue weighted by Crippen LogP contribution is 2.45. The molecule has 0 bridgehead atoms. The first-order valence-corrected chi connectivity index (χ1v) is 5.65. The van der Waals surface area contributed by atoms with Gasteiger partial charge in [-0.05, 0) is 18.3 Å². The van der Waals surface area contributed by atoms with Gasteiger partial charge in [-0.15, -0.1) is 0 Å². The molecule has 1 aromatic rings. The van der Waals surface area contributed by atoms with Gasteiger partial charge in [0.05, 0.1) is 0 Å². The zero-order valence-electron chi connectivity index (χ0n) is 8.12. The fraction of sp³-hybridized carbons (Fsp3) is 0.700. The third-order valence-electron chi connectivity index (χ3n) is 3.14. The van der Waals surface area contributed by atoms with Gasteiger partial charge in [0.25, 0.3) is 0 Å². The second kappa shape index (κ2) is 2.98. The largest absolute Gasteiger partial charge is 0.307 e. The summed E-state index contributed by atoms with van der Waals surface area (Å²) in [4.78, 5) is 11.7. The van der Waals surface area contributed by atoms with E-state index in [4.69, 9.17) is 0 Å². The molecule has 1 atom stereocenters. The quantitative estimate of drug-likeness (QED) is 0.678. The molecule has 1 aliphatic carbocycles. The molecule has 0 spiro atoms. The first kappa shape index (κ1) is 9.00. The minimum atomic E-state index is 0.194. The highest BCUT2D eigenvalue weighted by atomic mass is 32.1. The Morgan fingerprint density at radius 3 is 2.85 bits per heavy atom. The summed E-state index contributed by atoms with van der Waals surface area (Å²) in [6.07, 6.45) is 5.58. The van der Waals surface area contributed by atoms with Crippen molar-refractivity contribution in [3.8, 4) is 0 Å². The second-order valence-electron chi connectivity index (χ2n) is 4.47. The maximum atomic E-state index is 11.5. The Labute approximate surface area is 82.2 Å². The number of nitrogens with zero attached hydrogens (tertiary/aromatic N) is 1. The van der Waals surface area contributed by atoms with Crippen LogP contribution in [-0.2, 0) is 0 Å². The van der Waals surface area contributed by atoms with Crippen LogP contribution in [0.15, 0.2) is 16.4 Å². The normalized spacial score (nSPS) is 26.5. The lowest BCUT2D eigenvalue weighted by Crippen LogP contribution is -2.27. The Hall–Kier alpha value is -0.570. The van der Waals surface area contributed by atoms with E-state index in [-0.39, 0.29) is 4.87 Å². The molecule has 0 amide bonds. The summed E-state index contributed by atoms with van der Waals surface area (Å²) in [5, 5.41) is 1.89. The molecule has 13 heavy (non-hydrogen) atoms. The standard InChI is InChI=1S/C10H15NOS/c1-10(2)5-3-4-8(10)11-6-7-13-9(11)12/h6-8H,3-5H2,1-2H3. The smallest absolute Gasteiger partial charge is 0.302 e. The molecule has 0 aliphatic heterocycles. The van der Waals surface area contributed by atoms with Crippen LogP contribution >= 0.6 is 11.3 Å². The Kier molecular flexibility index (Phi) is 2.06. The molecule has 2 nitrogen and oxygen atoms in total. The van der Waals surface area contributed by atoms with E-state index in [0.29, 0.717) is 11.5 Å². The fourth-order valence-corrected chi connectivity index (χ4v) is 2.95. The Morgan fingerprint density at radius 1 is 1.62 bits per heavy atom. The van der Waals surface area contributed by atoms with Crippen molar-refractivity contribution in [2.24, 2.45) is 5.41 Å². The lowest BCUT2D eigenvalue weighted by atomic mass is 9.87. The molecule has 1 fully saturated rings. The lowest BCUT2D eigenvalue weighted by Gasteiger charge is -2.27. The van der Waals surface area contributed by atoms with Crippen molar-refractivity contribution in [3.63, 3.8) is 0 Å². The first-order chi connectivity index (χ1) is 6.11. The molecule has 0 saturated heterocycles. The van der Waals surface area contributed by atoms with Crippen LogP contribution in [0.1, 0.15) is 39.2 Å². The van der Waals surface area contributed by atoms with Gasteiger partial charge in [-0.2, -0.15) is 0 Å². The molecular weight excluding hydrogens is 182 g/mol. The summed E-state index contributed by atoms with van der Waals surface area (Å²) < 4.78 is 1.91. The van der Waals surface area contributed by atoms with Gasteiger partial charge in [-0.25, -0.2) is 0 Å². The zero-order valence-corrected chi connectivity index (χ0v) is 8.93. The summed E-state index contributed by atoms with van der Waals surface area (Å²) in [6.45, 7) is 4.52. The van der Waals surface area contributed by atoms with E-state index in [1.165, 1.54) is 24.2 Å². The number of hydrogen-bond donors (Lipinski definition) is 0. The van der Waals surface area contributed by atoms with E-state index in [9.17, 15) is 4.79 Å². The van der Waals surface area contributed by atoms with Crippen LogP contribution in [0, 0.1) is 5.41 Å². The van der Waals surface area contributed by atoms with Crippen molar-refractivity contribution in [1.29, 1.82) is 0 Å². The second-order valence-corrected chi connectivity index (χ2v) is 5.33. The molecule has 3 heteroatoms. The lowest BCUT2D eigenvalue weighted by molar-refractivity contribution is 0.258. The van der Waals surface area contributed by atoms with Gasteiger partial charge < -0.3 is 4.57 Å². The van der Waals surface area contributed by atoms with Gasteiger partial charge in [-0.1, -0.05) is 31.6 Å².